The smallest absolute Gasteiger partial charge is 0.456 e. The van der Waals surface area contributed by atoms with Gasteiger partial charge in [-0.05, 0) is 23.7 Å². The minimum Gasteiger partial charge on any atom is -0.456 e. The number of alkyl carbamates (subject to hydrolysis) is 2. The van der Waals surface area contributed by atoms with E-state index in [1.807, 2.05) is 33.9 Å². The van der Waals surface area contributed by atoms with Gasteiger partial charge in [0.05, 0.1) is 19.3 Å². The summed E-state index contributed by atoms with van der Waals surface area (Å²) in [5.74, 6) is -1.05. The number of carbonyl (C=O) groups is 5. The van der Waals surface area contributed by atoms with Gasteiger partial charge in [0.25, 0.3) is 0 Å². The van der Waals surface area contributed by atoms with Gasteiger partial charge in [-0.2, -0.15) is 0 Å². The Hall–Kier alpha value is -0.773. The number of rotatable bonds is 18. The van der Waals surface area contributed by atoms with E-state index in [0.29, 0.717) is 5.56 Å². The van der Waals surface area contributed by atoms with E-state index in [0.717, 1.165) is 6.92 Å². The number of benzene rings is 1. The number of esters is 1. The molecule has 0 radical (unpaired) electrons. The third-order valence-electron chi connectivity index (χ3n) is 10.1. The maximum Gasteiger partial charge on any atom is 0.508 e. The van der Waals surface area contributed by atoms with E-state index in [2.05, 4.69) is 10.6 Å². The molecule has 3 rings (SSSR count). The Morgan fingerprint density at radius 2 is 1.06 bits per heavy atom. The topological polar surface area (TPSA) is 240 Å². The van der Waals surface area contributed by atoms with Crippen LogP contribution in [0.4, 0.5) is 19.2 Å². The summed E-state index contributed by atoms with van der Waals surface area (Å²) in [7, 11) is -2.91. The lowest BCUT2D eigenvalue weighted by Gasteiger charge is -2.49. The van der Waals surface area contributed by atoms with Crippen LogP contribution in [0.5, 0.6) is 0 Å². The third-order valence-corrected chi connectivity index (χ3v) is 15.9. The quantitative estimate of drug-likeness (QED) is 0.0536. The molecule has 33 heteroatoms. The van der Waals surface area contributed by atoms with Crippen molar-refractivity contribution in [1.82, 2.24) is 10.6 Å². The van der Waals surface area contributed by atoms with Crippen LogP contribution >= 0.6 is 139 Å². The Morgan fingerprint density at radius 3 is 1.54 bits per heavy atom. The molecule has 412 valence electrons. The average Bonchev–Trinajstić information content (AvgIpc) is 3.23. The van der Waals surface area contributed by atoms with Crippen LogP contribution in [0.1, 0.15) is 33.3 Å². The van der Waals surface area contributed by atoms with Crippen molar-refractivity contribution in [3.05, 3.63) is 35.9 Å². The number of carbonyl (C=O) groups excluding carboxylic acids is 5. The van der Waals surface area contributed by atoms with E-state index in [1.54, 1.807) is 30.3 Å². The van der Waals surface area contributed by atoms with Gasteiger partial charge in [-0.15, -0.1) is 0 Å². The molecule has 0 bridgehead atoms. The predicted octanol–water partition coefficient (Wildman–Crippen LogP) is 9.70. The fourth-order valence-electron chi connectivity index (χ4n) is 6.03. The minimum absolute atomic E-state index is 0.112. The molecule has 0 spiro atoms. The lowest BCUT2D eigenvalue weighted by Crippen LogP contribution is -2.69. The highest BCUT2D eigenvalue weighted by molar-refractivity contribution is 6.74. The first-order valence-corrected chi connectivity index (χ1v) is 28.3. The molecule has 1 aromatic carbocycles. The Bertz CT molecular complexity index is 1940. The lowest BCUT2D eigenvalue weighted by molar-refractivity contribution is -0.304. The van der Waals surface area contributed by atoms with Crippen molar-refractivity contribution in [2.75, 3.05) is 39.6 Å². The van der Waals surface area contributed by atoms with Gasteiger partial charge < -0.3 is 72.3 Å². The first kappa shape index (κ1) is 65.5. The number of hydrogen-bond acceptors (Lipinski definition) is 18. The molecule has 0 saturated carbocycles. The van der Waals surface area contributed by atoms with E-state index < -0.39 is 160 Å². The second-order valence-electron chi connectivity index (χ2n) is 17.0. The van der Waals surface area contributed by atoms with E-state index in [9.17, 15) is 29.1 Å². The maximum absolute atomic E-state index is 13.4. The van der Waals surface area contributed by atoms with Gasteiger partial charge in [0, 0.05) is 6.92 Å². The van der Waals surface area contributed by atoms with E-state index in [1.165, 1.54) is 0 Å². The summed E-state index contributed by atoms with van der Waals surface area (Å²) in [6.07, 6.45) is -18.9. The fraction of sp³-hybridized carbons (Fsp3) is 0.718. The van der Waals surface area contributed by atoms with Crippen molar-refractivity contribution in [2.24, 2.45) is 0 Å². The molecule has 2 amide bonds. The van der Waals surface area contributed by atoms with E-state index in [-0.39, 0.29) is 6.61 Å². The van der Waals surface area contributed by atoms with Crippen molar-refractivity contribution in [1.29, 1.82) is 0 Å². The Labute approximate surface area is 475 Å². The van der Waals surface area contributed by atoms with Crippen molar-refractivity contribution in [3.63, 3.8) is 0 Å². The van der Waals surface area contributed by atoms with E-state index >= 15 is 0 Å². The van der Waals surface area contributed by atoms with Gasteiger partial charge in [0.15, 0.2) is 33.1 Å². The standard InChI is InChI=1S/C39H50Cl12N2O18Si/c1-19(54)67-28-24(53-32(57)64-16-37(43,44)45)30(69-22(14-62-33(58)65-17-38(46,47)48)26(28)70-34(59)66-18-39(49,50)51)61-13-21-25(55)27(71-72(5,6)35(2,3)4)23(52-31(56)63-15-36(40,41)42)29(68-21)60-12-20-10-8-7-9-11-20/h7-11,21-30,55H,12-18H2,1-6H3,(H,52,56)(H,53,57)/t21?,22?,23?,24?,25-,26-,27+,28+,29+,30+/m0/s1. The zero-order valence-electron chi connectivity index (χ0n) is 38.5. The van der Waals surface area contributed by atoms with Crippen molar-refractivity contribution >= 4 is 178 Å². The second-order valence-corrected chi connectivity index (χ2v) is 31.9. The van der Waals surface area contributed by atoms with Gasteiger partial charge in [0.2, 0.25) is 15.2 Å². The highest BCUT2D eigenvalue weighted by Crippen LogP contribution is 2.40. The van der Waals surface area contributed by atoms with Crippen LogP contribution < -0.4 is 10.6 Å². The van der Waals surface area contributed by atoms with Gasteiger partial charge in [-0.1, -0.05) is 190 Å². The molecular formula is C39H50Cl12N2O18Si. The van der Waals surface area contributed by atoms with Crippen LogP contribution in [0, 0.1) is 0 Å². The number of amides is 2. The predicted molar refractivity (Wildman–Crippen MR) is 269 cm³/mol. The molecule has 3 N–H and O–H groups in total. The van der Waals surface area contributed by atoms with Crippen LogP contribution in [0.2, 0.25) is 18.1 Å². The summed E-state index contributed by atoms with van der Waals surface area (Å²) >= 11 is 69.4. The molecule has 72 heavy (non-hydrogen) atoms. The SMILES string of the molecule is CC(=O)O[C@@H]1C(NC(=O)OCC(Cl)(Cl)Cl)[C@H](OCC2O[C@@H](OCc3ccccc3)C(NC(=O)OCC(Cl)(Cl)Cl)[C@@H](O[Si](C)(C)C(C)(C)C)[C@H]2O)OC(COC(=O)OCC(Cl)(Cl)Cl)[C@@H]1OC(=O)OCC(Cl)(Cl)Cl. The van der Waals surface area contributed by atoms with Crippen molar-refractivity contribution < 1.29 is 85.6 Å². The summed E-state index contributed by atoms with van der Waals surface area (Å²) in [4.78, 5) is 65.3. The number of aliphatic hydroxyl groups excluding tert-OH is 1. The number of nitrogens with one attached hydrogen (secondary N) is 2. The van der Waals surface area contributed by atoms with Crippen molar-refractivity contribution in [3.8, 4) is 0 Å². The monoisotopic (exact) mass is 1280 g/mol. The molecular weight excluding hydrogens is 1240 g/mol. The molecule has 2 aliphatic heterocycles. The van der Waals surface area contributed by atoms with Gasteiger partial charge in [-0.25, -0.2) is 19.2 Å². The summed E-state index contributed by atoms with van der Waals surface area (Å²) < 4.78 is 59.7. The molecule has 2 saturated heterocycles. The normalized spacial score (nSPS) is 25.3. The molecule has 2 heterocycles. The first-order valence-electron chi connectivity index (χ1n) is 20.8. The first-order chi connectivity index (χ1) is 32.9. The van der Waals surface area contributed by atoms with Crippen LogP contribution in [0.3, 0.4) is 0 Å². The highest BCUT2D eigenvalue weighted by atomic mass is 35.6. The molecule has 0 aromatic heterocycles. The summed E-state index contributed by atoms with van der Waals surface area (Å²) in [5.41, 5.74) is 0.666. The number of halogens is 12. The average molecular weight is 1290 g/mol. The summed E-state index contributed by atoms with van der Waals surface area (Å²) in [6, 6.07) is 5.66. The Kier molecular flexibility index (Phi) is 25.7. The molecule has 0 aliphatic carbocycles. The lowest BCUT2D eigenvalue weighted by atomic mass is 9.95. The fourth-order valence-corrected chi connectivity index (χ4v) is 8.00. The second kappa shape index (κ2) is 28.2. The molecule has 10 atom stereocenters. The van der Waals surface area contributed by atoms with Gasteiger partial charge in [-0.3, -0.25) is 4.79 Å². The molecule has 2 aliphatic rings. The number of aliphatic hydroxyl groups is 1. The third kappa shape index (κ3) is 23.9. The Balaban J connectivity index is 2.16. The van der Waals surface area contributed by atoms with Gasteiger partial charge >= 0.3 is 30.5 Å². The number of alkyl halides is 12. The maximum atomic E-state index is 13.4. The zero-order valence-corrected chi connectivity index (χ0v) is 48.6. The largest absolute Gasteiger partial charge is 0.508 e. The van der Waals surface area contributed by atoms with Crippen LogP contribution in [-0.2, 0) is 67.9 Å². The summed E-state index contributed by atoms with van der Waals surface area (Å²) in [5, 5.41) is 16.7. The highest BCUT2D eigenvalue weighted by Gasteiger charge is 2.55. The van der Waals surface area contributed by atoms with E-state index in [4.69, 9.17) is 196 Å². The molecule has 2 fully saturated rings. The molecule has 4 unspecified atom stereocenters. The zero-order chi connectivity index (χ0) is 54.6. The van der Waals surface area contributed by atoms with Gasteiger partial charge in [0.1, 0.15) is 63.4 Å². The van der Waals surface area contributed by atoms with Crippen LogP contribution in [0.25, 0.3) is 0 Å². The van der Waals surface area contributed by atoms with Crippen molar-refractivity contribution in [2.45, 2.75) is 129 Å². The number of hydrogen-bond donors (Lipinski definition) is 3. The number of ether oxygens (including phenoxy) is 11. The Morgan fingerprint density at radius 1 is 0.597 bits per heavy atom. The molecule has 20 nitrogen and oxygen atoms in total. The molecule has 1 aromatic rings. The van der Waals surface area contributed by atoms with Crippen LogP contribution in [-0.4, -0.2) is 160 Å². The van der Waals surface area contributed by atoms with Crippen LogP contribution in [0.15, 0.2) is 30.3 Å². The summed E-state index contributed by atoms with van der Waals surface area (Å²) in [6.45, 7) is 5.57. The minimum atomic E-state index is -2.91.